The van der Waals surface area contributed by atoms with E-state index in [0.717, 1.165) is 17.7 Å². The summed E-state index contributed by atoms with van der Waals surface area (Å²) in [5, 5.41) is 8.78. The van der Waals surface area contributed by atoms with Gasteiger partial charge in [0.2, 0.25) is 0 Å². The van der Waals surface area contributed by atoms with E-state index in [0.29, 0.717) is 0 Å². The second kappa shape index (κ2) is 7.53. The highest BCUT2D eigenvalue weighted by atomic mass is 16.5. The van der Waals surface area contributed by atoms with Crippen molar-refractivity contribution in [1.82, 2.24) is 0 Å². The Bertz CT molecular complexity index is 445. The number of amides is 1. The van der Waals surface area contributed by atoms with Crippen LogP contribution < -0.4 is 4.90 Å². The number of carbonyl (C=O) groups is 2. The van der Waals surface area contributed by atoms with Crippen molar-refractivity contribution in [3.05, 3.63) is 29.8 Å². The average Bonchev–Trinajstić information content (AvgIpc) is 2.39. The first-order valence-electron chi connectivity index (χ1n) is 6.19. The van der Waals surface area contributed by atoms with Gasteiger partial charge in [-0.25, -0.2) is 0 Å². The number of aliphatic carboxylic acids is 1. The standard InChI is InChI=1S/C14H19NO4/c1-3-11-6-4-5-7-12(11)15(9-8-14(17)18)13(16)10-19-2/h4-7H,3,8-10H2,1-2H3,(H,17,18). The highest BCUT2D eigenvalue weighted by Gasteiger charge is 2.18. The molecule has 0 radical (unpaired) electrons. The molecule has 5 nitrogen and oxygen atoms in total. The molecule has 0 spiro atoms. The first kappa shape index (κ1) is 15.2. The molecule has 1 aromatic carbocycles. The smallest absolute Gasteiger partial charge is 0.305 e. The summed E-state index contributed by atoms with van der Waals surface area (Å²) in [6, 6.07) is 7.50. The minimum Gasteiger partial charge on any atom is -0.481 e. The van der Waals surface area contributed by atoms with Crippen LogP contribution in [-0.2, 0) is 20.7 Å². The van der Waals surface area contributed by atoms with E-state index in [-0.39, 0.29) is 25.5 Å². The van der Waals surface area contributed by atoms with E-state index < -0.39 is 5.97 Å². The van der Waals surface area contributed by atoms with Gasteiger partial charge >= 0.3 is 5.97 Å². The molecule has 1 aromatic rings. The molecule has 0 aliphatic heterocycles. The van der Waals surface area contributed by atoms with Crippen molar-refractivity contribution >= 4 is 17.6 Å². The Hall–Kier alpha value is -1.88. The molecule has 0 saturated carbocycles. The number of carboxylic acids is 1. The molecule has 104 valence electrons. The first-order valence-corrected chi connectivity index (χ1v) is 6.19. The summed E-state index contributed by atoms with van der Waals surface area (Å²) in [6.07, 6.45) is 0.688. The fourth-order valence-corrected chi connectivity index (χ4v) is 1.86. The molecular formula is C14H19NO4. The highest BCUT2D eigenvalue weighted by Crippen LogP contribution is 2.21. The number of para-hydroxylation sites is 1. The van der Waals surface area contributed by atoms with E-state index in [1.54, 1.807) is 0 Å². The number of rotatable bonds is 7. The molecule has 0 unspecified atom stereocenters. The normalized spacial score (nSPS) is 10.2. The monoisotopic (exact) mass is 265 g/mol. The zero-order valence-electron chi connectivity index (χ0n) is 11.3. The number of nitrogens with zero attached hydrogens (tertiary/aromatic N) is 1. The molecule has 1 N–H and O–H groups in total. The van der Waals surface area contributed by atoms with E-state index >= 15 is 0 Å². The molecule has 0 aliphatic carbocycles. The van der Waals surface area contributed by atoms with Gasteiger partial charge in [0.05, 0.1) is 6.42 Å². The van der Waals surface area contributed by atoms with Crippen LogP contribution in [0.2, 0.25) is 0 Å². The van der Waals surface area contributed by atoms with Crippen molar-refractivity contribution in [3.8, 4) is 0 Å². The van der Waals surface area contributed by atoms with Gasteiger partial charge in [0.1, 0.15) is 6.61 Å². The Morgan fingerprint density at radius 1 is 1.32 bits per heavy atom. The van der Waals surface area contributed by atoms with Gasteiger partial charge in [0.15, 0.2) is 0 Å². The zero-order chi connectivity index (χ0) is 14.3. The van der Waals surface area contributed by atoms with Crippen LogP contribution in [0.15, 0.2) is 24.3 Å². The fraction of sp³-hybridized carbons (Fsp3) is 0.429. The van der Waals surface area contributed by atoms with Crippen molar-refractivity contribution in [2.75, 3.05) is 25.2 Å². The van der Waals surface area contributed by atoms with E-state index in [9.17, 15) is 9.59 Å². The lowest BCUT2D eigenvalue weighted by atomic mass is 10.1. The molecule has 0 bridgehead atoms. The van der Waals surface area contributed by atoms with Gasteiger partial charge in [-0.1, -0.05) is 25.1 Å². The number of aryl methyl sites for hydroxylation is 1. The molecular weight excluding hydrogens is 246 g/mol. The third-order valence-corrected chi connectivity index (χ3v) is 2.78. The Labute approximate surface area is 112 Å². The lowest BCUT2D eigenvalue weighted by Crippen LogP contribution is -2.36. The van der Waals surface area contributed by atoms with Crippen molar-refractivity contribution in [3.63, 3.8) is 0 Å². The van der Waals surface area contributed by atoms with Crippen molar-refractivity contribution < 1.29 is 19.4 Å². The molecule has 5 heteroatoms. The molecule has 19 heavy (non-hydrogen) atoms. The van der Waals surface area contributed by atoms with Crippen LogP contribution in [0.5, 0.6) is 0 Å². The maximum atomic E-state index is 12.0. The quantitative estimate of drug-likeness (QED) is 0.815. The maximum absolute atomic E-state index is 12.0. The number of hydrogen-bond donors (Lipinski definition) is 1. The summed E-state index contributed by atoms with van der Waals surface area (Å²) in [5.41, 5.74) is 1.77. The number of hydrogen-bond acceptors (Lipinski definition) is 3. The fourth-order valence-electron chi connectivity index (χ4n) is 1.86. The van der Waals surface area contributed by atoms with Gasteiger partial charge in [0, 0.05) is 19.3 Å². The van der Waals surface area contributed by atoms with E-state index in [1.165, 1.54) is 12.0 Å². The SMILES string of the molecule is CCc1ccccc1N(CCC(=O)O)C(=O)COC. The number of benzene rings is 1. The summed E-state index contributed by atoms with van der Waals surface area (Å²) in [6.45, 7) is 2.08. The third kappa shape index (κ3) is 4.37. The third-order valence-electron chi connectivity index (χ3n) is 2.78. The van der Waals surface area contributed by atoms with E-state index in [1.807, 2.05) is 31.2 Å². The van der Waals surface area contributed by atoms with Crippen molar-refractivity contribution in [2.45, 2.75) is 19.8 Å². The van der Waals surface area contributed by atoms with Crippen LogP contribution >= 0.6 is 0 Å². The topological polar surface area (TPSA) is 66.8 Å². The summed E-state index contributed by atoms with van der Waals surface area (Å²) in [5.74, 6) is -1.16. The maximum Gasteiger partial charge on any atom is 0.305 e. The average molecular weight is 265 g/mol. The zero-order valence-corrected chi connectivity index (χ0v) is 11.3. The van der Waals surface area contributed by atoms with Gasteiger partial charge in [0.25, 0.3) is 5.91 Å². The number of methoxy groups -OCH3 is 1. The predicted octanol–water partition coefficient (Wildman–Crippen LogP) is 1.70. The Kier molecular flexibility index (Phi) is 6.02. The van der Waals surface area contributed by atoms with Crippen molar-refractivity contribution in [2.24, 2.45) is 0 Å². The highest BCUT2D eigenvalue weighted by molar-refractivity contribution is 5.95. The number of carbonyl (C=O) groups excluding carboxylic acids is 1. The number of anilines is 1. The Morgan fingerprint density at radius 2 is 2.00 bits per heavy atom. The molecule has 0 aromatic heterocycles. The lowest BCUT2D eigenvalue weighted by Gasteiger charge is -2.24. The summed E-state index contributed by atoms with van der Waals surface area (Å²) < 4.78 is 4.85. The van der Waals surface area contributed by atoms with Crippen LogP contribution in [0.3, 0.4) is 0 Å². The number of carboxylic acid groups (broad SMARTS) is 1. The van der Waals surface area contributed by atoms with E-state index in [2.05, 4.69) is 0 Å². The minimum absolute atomic E-state index is 0.0579. The van der Waals surface area contributed by atoms with Gasteiger partial charge in [-0.05, 0) is 18.1 Å². The van der Waals surface area contributed by atoms with Gasteiger partial charge in [-0.3, -0.25) is 9.59 Å². The molecule has 0 heterocycles. The summed E-state index contributed by atoms with van der Waals surface area (Å²) in [7, 11) is 1.44. The minimum atomic E-state index is -0.927. The lowest BCUT2D eigenvalue weighted by molar-refractivity contribution is -0.136. The van der Waals surface area contributed by atoms with Gasteiger partial charge in [-0.2, -0.15) is 0 Å². The van der Waals surface area contributed by atoms with Crippen LogP contribution in [0.25, 0.3) is 0 Å². The predicted molar refractivity (Wildman–Crippen MR) is 72.3 cm³/mol. The largest absolute Gasteiger partial charge is 0.481 e. The molecule has 0 atom stereocenters. The van der Waals surface area contributed by atoms with E-state index in [4.69, 9.17) is 9.84 Å². The Balaban J connectivity index is 3.00. The van der Waals surface area contributed by atoms with Gasteiger partial charge < -0.3 is 14.7 Å². The second-order valence-corrected chi connectivity index (χ2v) is 4.10. The molecule has 0 fully saturated rings. The van der Waals surface area contributed by atoms with Crippen LogP contribution in [-0.4, -0.2) is 37.2 Å². The molecule has 1 amide bonds. The summed E-state index contributed by atoms with van der Waals surface area (Å²) in [4.78, 5) is 24.2. The van der Waals surface area contributed by atoms with Crippen LogP contribution in [0.4, 0.5) is 5.69 Å². The number of ether oxygens (including phenoxy) is 1. The van der Waals surface area contributed by atoms with Crippen molar-refractivity contribution in [1.29, 1.82) is 0 Å². The molecule has 0 aliphatic rings. The second-order valence-electron chi connectivity index (χ2n) is 4.10. The molecule has 1 rings (SSSR count). The summed E-state index contributed by atoms with van der Waals surface area (Å²) >= 11 is 0. The Morgan fingerprint density at radius 3 is 2.58 bits per heavy atom. The van der Waals surface area contributed by atoms with Crippen LogP contribution in [0.1, 0.15) is 18.9 Å². The van der Waals surface area contributed by atoms with Gasteiger partial charge in [-0.15, -0.1) is 0 Å². The van der Waals surface area contributed by atoms with Crippen LogP contribution in [0, 0.1) is 0 Å². The molecule has 0 saturated heterocycles. The first-order chi connectivity index (χ1) is 9.10.